The van der Waals surface area contributed by atoms with Gasteiger partial charge in [-0.15, -0.1) is 0 Å². The van der Waals surface area contributed by atoms with Crippen molar-refractivity contribution < 1.29 is 9.53 Å². The normalized spacial score (nSPS) is 20.4. The molecular formula is C20H30ClN5O2. The Morgan fingerprint density at radius 1 is 1.29 bits per heavy atom. The van der Waals surface area contributed by atoms with E-state index in [0.29, 0.717) is 5.92 Å². The minimum Gasteiger partial charge on any atom is -0.381 e. The highest BCUT2D eigenvalue weighted by atomic mass is 35.5. The van der Waals surface area contributed by atoms with Crippen LogP contribution < -0.4 is 10.2 Å². The molecule has 2 fully saturated rings. The van der Waals surface area contributed by atoms with Crippen molar-refractivity contribution in [3.63, 3.8) is 0 Å². The summed E-state index contributed by atoms with van der Waals surface area (Å²) in [5, 5.41) is 4.25. The number of nitrogens with one attached hydrogen (secondary N) is 1. The highest BCUT2D eigenvalue weighted by molar-refractivity contribution is 6.33. The van der Waals surface area contributed by atoms with E-state index in [-0.39, 0.29) is 12.5 Å². The number of carbonyl (C=O) groups excluding carboxylic acids is 1. The van der Waals surface area contributed by atoms with Gasteiger partial charge in [-0.05, 0) is 18.6 Å². The summed E-state index contributed by atoms with van der Waals surface area (Å²) in [4.78, 5) is 22.7. The quantitative estimate of drug-likeness (QED) is 0.592. The van der Waals surface area contributed by atoms with Gasteiger partial charge in [-0.25, -0.2) is 4.99 Å². The molecule has 1 aromatic carbocycles. The Kier molecular flexibility index (Phi) is 7.39. The SMILES string of the molecule is CN(C)C(=O)CN=C(NCC1CCOC1)N1CCN(c2ccccc2Cl)CC1. The van der Waals surface area contributed by atoms with Crippen molar-refractivity contribution in [3.8, 4) is 0 Å². The Morgan fingerprint density at radius 2 is 2.04 bits per heavy atom. The molecule has 2 saturated heterocycles. The van der Waals surface area contributed by atoms with Gasteiger partial charge in [0.15, 0.2) is 5.96 Å². The standard InChI is InChI=1S/C20H30ClN5O2/c1-24(2)19(27)14-23-20(22-13-16-7-12-28-15-16)26-10-8-25(9-11-26)18-6-4-3-5-17(18)21/h3-6,16H,7-15H2,1-2H3,(H,22,23). The molecule has 2 aliphatic heterocycles. The van der Waals surface area contributed by atoms with E-state index >= 15 is 0 Å². The zero-order valence-corrected chi connectivity index (χ0v) is 17.5. The van der Waals surface area contributed by atoms with E-state index < -0.39 is 0 Å². The van der Waals surface area contributed by atoms with Gasteiger partial charge in [0, 0.05) is 59.3 Å². The topological polar surface area (TPSA) is 60.4 Å². The maximum Gasteiger partial charge on any atom is 0.243 e. The minimum atomic E-state index is -0.00166. The molecule has 0 aromatic heterocycles. The number of hydrogen-bond acceptors (Lipinski definition) is 4. The molecule has 2 heterocycles. The largest absolute Gasteiger partial charge is 0.381 e. The van der Waals surface area contributed by atoms with Gasteiger partial charge >= 0.3 is 0 Å². The number of amides is 1. The number of anilines is 1. The van der Waals surface area contributed by atoms with Crippen molar-refractivity contribution in [2.24, 2.45) is 10.9 Å². The molecular weight excluding hydrogens is 378 g/mol. The lowest BCUT2D eigenvalue weighted by Gasteiger charge is -2.38. The van der Waals surface area contributed by atoms with Gasteiger partial charge in [0.2, 0.25) is 5.91 Å². The van der Waals surface area contributed by atoms with Crippen LogP contribution in [0.1, 0.15) is 6.42 Å². The van der Waals surface area contributed by atoms with Crippen LogP contribution in [-0.2, 0) is 9.53 Å². The number of ether oxygens (including phenoxy) is 1. The molecule has 1 atom stereocenters. The van der Waals surface area contributed by atoms with Crippen molar-refractivity contribution >= 4 is 29.2 Å². The van der Waals surface area contributed by atoms with Crippen molar-refractivity contribution in [1.82, 2.24) is 15.1 Å². The maximum absolute atomic E-state index is 12.0. The summed E-state index contributed by atoms with van der Waals surface area (Å²) in [6, 6.07) is 7.94. The predicted octanol–water partition coefficient (Wildman–Crippen LogP) is 1.53. The minimum absolute atomic E-state index is 0.00166. The van der Waals surface area contributed by atoms with Gasteiger partial charge in [0.25, 0.3) is 0 Å². The Bertz CT molecular complexity index is 683. The molecule has 7 nitrogen and oxygen atoms in total. The third-order valence-electron chi connectivity index (χ3n) is 5.21. The average molecular weight is 408 g/mol. The first-order chi connectivity index (χ1) is 13.5. The Balaban J connectivity index is 1.61. The molecule has 0 aliphatic carbocycles. The van der Waals surface area contributed by atoms with Gasteiger partial charge < -0.3 is 24.8 Å². The number of nitrogens with zero attached hydrogens (tertiary/aromatic N) is 4. The van der Waals surface area contributed by atoms with Crippen LogP contribution in [0.15, 0.2) is 29.3 Å². The van der Waals surface area contributed by atoms with E-state index in [2.05, 4.69) is 26.2 Å². The van der Waals surface area contributed by atoms with Gasteiger partial charge in [-0.3, -0.25) is 4.79 Å². The van der Waals surface area contributed by atoms with Crippen molar-refractivity contribution in [2.75, 3.05) is 71.5 Å². The Morgan fingerprint density at radius 3 is 2.68 bits per heavy atom. The van der Waals surface area contributed by atoms with Crippen LogP contribution in [0.4, 0.5) is 5.69 Å². The highest BCUT2D eigenvalue weighted by Gasteiger charge is 2.23. The number of benzene rings is 1. The lowest BCUT2D eigenvalue weighted by Crippen LogP contribution is -2.53. The summed E-state index contributed by atoms with van der Waals surface area (Å²) in [5.74, 6) is 1.30. The number of guanidine groups is 1. The molecule has 154 valence electrons. The van der Waals surface area contributed by atoms with Gasteiger partial charge in [0.05, 0.1) is 17.3 Å². The Hall–Kier alpha value is -1.99. The van der Waals surface area contributed by atoms with Crippen LogP contribution in [0.5, 0.6) is 0 Å². The molecule has 0 radical (unpaired) electrons. The second-order valence-electron chi connectivity index (χ2n) is 7.46. The first-order valence-electron chi connectivity index (χ1n) is 9.85. The molecule has 3 rings (SSSR count). The summed E-state index contributed by atoms with van der Waals surface area (Å²) in [6.07, 6.45) is 1.07. The summed E-state index contributed by atoms with van der Waals surface area (Å²) < 4.78 is 5.47. The number of para-hydroxylation sites is 1. The van der Waals surface area contributed by atoms with Crippen LogP contribution in [0.2, 0.25) is 5.02 Å². The molecule has 1 aromatic rings. The molecule has 28 heavy (non-hydrogen) atoms. The molecule has 1 N–H and O–H groups in total. The van der Waals surface area contributed by atoms with Crippen LogP contribution in [0, 0.1) is 5.92 Å². The van der Waals surface area contributed by atoms with E-state index in [1.54, 1.807) is 19.0 Å². The fraction of sp³-hybridized carbons (Fsp3) is 0.600. The van der Waals surface area contributed by atoms with E-state index in [4.69, 9.17) is 16.3 Å². The molecule has 0 bridgehead atoms. The van der Waals surface area contributed by atoms with Gasteiger partial charge in [-0.1, -0.05) is 23.7 Å². The molecule has 8 heteroatoms. The number of hydrogen-bond donors (Lipinski definition) is 1. The molecule has 0 saturated carbocycles. The number of piperazine rings is 1. The highest BCUT2D eigenvalue weighted by Crippen LogP contribution is 2.26. The number of halogens is 1. The van der Waals surface area contributed by atoms with E-state index in [1.807, 2.05) is 18.2 Å². The fourth-order valence-electron chi connectivity index (χ4n) is 3.40. The van der Waals surface area contributed by atoms with E-state index in [1.165, 1.54) is 0 Å². The monoisotopic (exact) mass is 407 g/mol. The fourth-order valence-corrected chi connectivity index (χ4v) is 3.65. The summed E-state index contributed by atoms with van der Waals surface area (Å²) >= 11 is 6.35. The zero-order valence-electron chi connectivity index (χ0n) is 16.7. The van der Waals surface area contributed by atoms with Crippen molar-refractivity contribution in [1.29, 1.82) is 0 Å². The molecule has 1 amide bonds. The first-order valence-corrected chi connectivity index (χ1v) is 10.2. The second-order valence-corrected chi connectivity index (χ2v) is 7.87. The van der Waals surface area contributed by atoms with Crippen molar-refractivity contribution in [3.05, 3.63) is 29.3 Å². The summed E-state index contributed by atoms with van der Waals surface area (Å²) in [5.41, 5.74) is 1.07. The van der Waals surface area contributed by atoms with Gasteiger partial charge in [0.1, 0.15) is 6.54 Å². The lowest BCUT2D eigenvalue weighted by molar-refractivity contribution is -0.127. The average Bonchev–Trinajstić information content (AvgIpc) is 3.22. The molecule has 1 unspecified atom stereocenters. The third kappa shape index (κ3) is 5.52. The lowest BCUT2D eigenvalue weighted by atomic mass is 10.1. The molecule has 2 aliphatic rings. The maximum atomic E-state index is 12.0. The smallest absolute Gasteiger partial charge is 0.243 e. The predicted molar refractivity (Wildman–Crippen MR) is 113 cm³/mol. The summed E-state index contributed by atoms with van der Waals surface area (Å²) in [6.45, 7) is 5.96. The number of aliphatic imine (C=N–C) groups is 1. The molecule has 0 spiro atoms. The number of rotatable bonds is 5. The van der Waals surface area contributed by atoms with Crippen LogP contribution >= 0.6 is 11.6 Å². The third-order valence-corrected chi connectivity index (χ3v) is 5.53. The van der Waals surface area contributed by atoms with Gasteiger partial charge in [-0.2, -0.15) is 0 Å². The van der Waals surface area contributed by atoms with E-state index in [0.717, 1.165) is 69.0 Å². The number of likely N-dealkylation sites (N-methyl/N-ethyl adjacent to an activating group) is 1. The van der Waals surface area contributed by atoms with Crippen LogP contribution in [-0.4, -0.2) is 88.2 Å². The zero-order chi connectivity index (χ0) is 19.9. The van der Waals surface area contributed by atoms with Crippen molar-refractivity contribution in [2.45, 2.75) is 6.42 Å². The summed E-state index contributed by atoms with van der Waals surface area (Å²) in [7, 11) is 3.51. The van der Waals surface area contributed by atoms with Crippen LogP contribution in [0.25, 0.3) is 0 Å². The Labute approximate surface area is 172 Å². The second kappa shape index (κ2) is 9.98. The first kappa shape index (κ1) is 20.7. The van der Waals surface area contributed by atoms with E-state index in [9.17, 15) is 4.79 Å². The number of carbonyl (C=O) groups is 1. The van der Waals surface area contributed by atoms with Crippen LogP contribution in [0.3, 0.4) is 0 Å².